The number of carbonyl (C=O) groups excluding carboxylic acids is 2. The highest BCUT2D eigenvalue weighted by molar-refractivity contribution is 7.18. The maximum absolute atomic E-state index is 13.6. The molecule has 3 aromatic rings. The van der Waals surface area contributed by atoms with Gasteiger partial charge >= 0.3 is 12.1 Å². The van der Waals surface area contributed by atoms with Gasteiger partial charge in [0.05, 0.1) is 4.88 Å². The van der Waals surface area contributed by atoms with E-state index in [1.165, 1.54) is 11.3 Å². The summed E-state index contributed by atoms with van der Waals surface area (Å²) in [5, 5.41) is 5.83. The molecule has 0 radical (unpaired) electrons. The highest BCUT2D eigenvalue weighted by Gasteiger charge is 2.44. The van der Waals surface area contributed by atoms with Crippen molar-refractivity contribution >= 4 is 34.6 Å². The summed E-state index contributed by atoms with van der Waals surface area (Å²) in [5.41, 5.74) is 1.28. The first-order valence-corrected chi connectivity index (χ1v) is 11.3. The Kier molecular flexibility index (Phi) is 6.78. The van der Waals surface area contributed by atoms with E-state index < -0.39 is 30.0 Å². The van der Waals surface area contributed by atoms with Gasteiger partial charge in [-0.1, -0.05) is 23.7 Å². The lowest BCUT2D eigenvalue weighted by molar-refractivity contribution is -0.174. The van der Waals surface area contributed by atoms with Gasteiger partial charge < -0.3 is 10.6 Å². The first-order valence-electron chi connectivity index (χ1n) is 10.1. The van der Waals surface area contributed by atoms with Crippen molar-refractivity contribution in [3.05, 3.63) is 59.5 Å². The number of ketones is 1. The number of halogens is 4. The van der Waals surface area contributed by atoms with E-state index in [4.69, 9.17) is 11.6 Å². The molecular formula is C22H18ClF3N4O2S. The van der Waals surface area contributed by atoms with Gasteiger partial charge in [-0.2, -0.15) is 13.2 Å². The lowest BCUT2D eigenvalue weighted by Gasteiger charge is -2.24. The smallest absolute Gasteiger partial charge is 0.336 e. The number of amides is 1. The number of aromatic nitrogens is 2. The molecule has 2 unspecified atom stereocenters. The molecule has 0 aliphatic carbocycles. The van der Waals surface area contributed by atoms with Gasteiger partial charge in [0.25, 0.3) is 0 Å². The summed E-state index contributed by atoms with van der Waals surface area (Å²) in [7, 11) is 0. The Hall–Kier alpha value is -2.82. The number of Topliss-reactive ketones (excluding diaryl/α,β-unsaturated/α-hetero) is 1. The molecule has 172 valence electrons. The third-order valence-electron chi connectivity index (χ3n) is 5.20. The van der Waals surface area contributed by atoms with Crippen LogP contribution < -0.4 is 10.6 Å². The second-order valence-electron chi connectivity index (χ2n) is 7.46. The van der Waals surface area contributed by atoms with Gasteiger partial charge in [0, 0.05) is 29.0 Å². The fraction of sp³-hybridized carbons (Fsp3) is 0.273. The van der Waals surface area contributed by atoms with Crippen molar-refractivity contribution in [2.45, 2.75) is 31.1 Å². The van der Waals surface area contributed by atoms with Gasteiger partial charge in [0.1, 0.15) is 16.7 Å². The largest absolute Gasteiger partial charge is 0.471 e. The van der Waals surface area contributed by atoms with Crippen molar-refractivity contribution in [2.24, 2.45) is 0 Å². The first kappa shape index (κ1) is 23.3. The van der Waals surface area contributed by atoms with Gasteiger partial charge in [-0.3, -0.25) is 14.6 Å². The van der Waals surface area contributed by atoms with E-state index in [-0.39, 0.29) is 5.69 Å². The quantitative estimate of drug-likeness (QED) is 0.493. The van der Waals surface area contributed by atoms with E-state index in [2.05, 4.69) is 15.3 Å². The number of pyridine rings is 1. The monoisotopic (exact) mass is 494 g/mol. The molecule has 33 heavy (non-hydrogen) atoms. The summed E-state index contributed by atoms with van der Waals surface area (Å²) >= 11 is 7.35. The topological polar surface area (TPSA) is 84.0 Å². The number of hydrogen-bond acceptors (Lipinski definition) is 6. The van der Waals surface area contributed by atoms with Crippen LogP contribution in [0, 0.1) is 0 Å². The van der Waals surface area contributed by atoms with Crippen molar-refractivity contribution in [3.63, 3.8) is 0 Å². The molecular weight excluding hydrogens is 477 g/mol. The fourth-order valence-electron chi connectivity index (χ4n) is 3.65. The maximum atomic E-state index is 13.6. The Labute approximate surface area is 196 Å². The molecule has 2 atom stereocenters. The zero-order valence-electron chi connectivity index (χ0n) is 17.0. The van der Waals surface area contributed by atoms with E-state index in [9.17, 15) is 22.8 Å². The lowest BCUT2D eigenvalue weighted by atomic mass is 9.98. The molecule has 3 heterocycles. The molecule has 0 saturated carbocycles. The number of nitrogens with zero attached hydrogens (tertiary/aromatic N) is 2. The van der Waals surface area contributed by atoms with Crippen molar-refractivity contribution in [1.82, 2.24) is 20.6 Å². The molecule has 1 saturated heterocycles. The zero-order valence-corrected chi connectivity index (χ0v) is 18.6. The summed E-state index contributed by atoms with van der Waals surface area (Å²) in [5.74, 6) is -2.86. The normalized spacial score (nSPS) is 17.0. The fourth-order valence-corrected chi connectivity index (χ4v) is 4.91. The molecule has 1 aliphatic rings. The Morgan fingerprint density at radius 2 is 1.94 bits per heavy atom. The van der Waals surface area contributed by atoms with Crippen LogP contribution in [0.25, 0.3) is 21.0 Å². The number of nitrogens with one attached hydrogen (secondary N) is 2. The summed E-state index contributed by atoms with van der Waals surface area (Å²) in [6, 6.07) is 8.15. The van der Waals surface area contributed by atoms with E-state index in [0.29, 0.717) is 45.4 Å². The average Bonchev–Trinajstić information content (AvgIpc) is 3.47. The van der Waals surface area contributed by atoms with Crippen LogP contribution in [0.1, 0.15) is 23.3 Å². The van der Waals surface area contributed by atoms with Gasteiger partial charge in [-0.15, -0.1) is 11.3 Å². The standard InChI is InChI=1S/C22H18ClF3N4O2S/c23-14-4-1-3-13(11-14)19-17(29-20(33-19)12-6-9-27-10-7-12)18(31)16(15-5-2-8-28-15)30-21(32)22(24,25)26/h1,3-4,6-7,9-11,15-16,28H,2,5,8H2,(H,30,32). The summed E-state index contributed by atoms with van der Waals surface area (Å²) in [6.07, 6.45) is -0.839. The third-order valence-corrected chi connectivity index (χ3v) is 6.59. The number of rotatable bonds is 6. The molecule has 6 nitrogen and oxygen atoms in total. The predicted octanol–water partition coefficient (Wildman–Crippen LogP) is 4.51. The lowest BCUT2D eigenvalue weighted by Crippen LogP contribution is -2.55. The SMILES string of the molecule is O=C(c1nc(-c2ccncc2)sc1-c1cccc(Cl)c1)C(NC(=O)C(F)(F)F)C1CCCN1. The van der Waals surface area contributed by atoms with Crippen LogP contribution >= 0.6 is 22.9 Å². The first-order chi connectivity index (χ1) is 15.7. The van der Waals surface area contributed by atoms with Gasteiger partial charge in [-0.05, 0) is 49.2 Å². The minimum absolute atomic E-state index is 0.0183. The highest BCUT2D eigenvalue weighted by Crippen LogP contribution is 2.37. The summed E-state index contributed by atoms with van der Waals surface area (Å²) in [6.45, 7) is 0.539. The minimum atomic E-state index is -5.11. The second-order valence-corrected chi connectivity index (χ2v) is 8.89. The molecule has 1 aliphatic heterocycles. The average molecular weight is 495 g/mol. The van der Waals surface area contributed by atoms with Crippen LogP contribution in [0.3, 0.4) is 0 Å². The predicted molar refractivity (Wildman–Crippen MR) is 119 cm³/mol. The Balaban J connectivity index is 1.79. The van der Waals surface area contributed by atoms with Crippen LogP contribution in [0.4, 0.5) is 13.2 Å². The third kappa shape index (κ3) is 5.23. The van der Waals surface area contributed by atoms with Gasteiger partial charge in [0.2, 0.25) is 5.78 Å². The van der Waals surface area contributed by atoms with Gasteiger partial charge in [0.15, 0.2) is 0 Å². The number of hydrogen-bond donors (Lipinski definition) is 2. The van der Waals surface area contributed by atoms with E-state index in [1.54, 1.807) is 48.8 Å². The van der Waals surface area contributed by atoms with Gasteiger partial charge in [-0.25, -0.2) is 4.98 Å². The van der Waals surface area contributed by atoms with E-state index >= 15 is 0 Å². The van der Waals surface area contributed by atoms with Crippen LogP contribution in [-0.4, -0.2) is 46.5 Å². The molecule has 1 aromatic carbocycles. The summed E-state index contributed by atoms with van der Waals surface area (Å²) in [4.78, 5) is 34.2. The maximum Gasteiger partial charge on any atom is 0.471 e. The van der Waals surface area contributed by atoms with Crippen molar-refractivity contribution in [2.75, 3.05) is 6.54 Å². The van der Waals surface area contributed by atoms with Crippen LogP contribution in [0.5, 0.6) is 0 Å². The Morgan fingerprint density at radius 3 is 2.58 bits per heavy atom. The van der Waals surface area contributed by atoms with Crippen molar-refractivity contribution < 1.29 is 22.8 Å². The van der Waals surface area contributed by atoms with Crippen LogP contribution in [0.15, 0.2) is 48.8 Å². The number of thiazole rings is 1. The minimum Gasteiger partial charge on any atom is -0.336 e. The number of benzene rings is 1. The highest BCUT2D eigenvalue weighted by atomic mass is 35.5. The van der Waals surface area contributed by atoms with Crippen LogP contribution in [-0.2, 0) is 4.79 Å². The molecule has 1 amide bonds. The Bertz CT molecular complexity index is 1160. The number of alkyl halides is 3. The molecule has 0 spiro atoms. The molecule has 1 fully saturated rings. The number of carbonyl (C=O) groups is 2. The summed E-state index contributed by atoms with van der Waals surface area (Å²) < 4.78 is 39.0. The van der Waals surface area contributed by atoms with E-state index in [1.807, 2.05) is 5.32 Å². The second kappa shape index (κ2) is 9.58. The molecule has 0 bridgehead atoms. The van der Waals surface area contributed by atoms with Crippen molar-refractivity contribution in [1.29, 1.82) is 0 Å². The molecule has 2 aromatic heterocycles. The molecule has 4 rings (SSSR count). The Morgan fingerprint density at radius 1 is 1.18 bits per heavy atom. The molecule has 11 heteroatoms. The zero-order chi connectivity index (χ0) is 23.6. The van der Waals surface area contributed by atoms with E-state index in [0.717, 1.165) is 0 Å². The van der Waals surface area contributed by atoms with Crippen LogP contribution in [0.2, 0.25) is 5.02 Å². The van der Waals surface area contributed by atoms with Crippen molar-refractivity contribution in [3.8, 4) is 21.0 Å². The molecule has 2 N–H and O–H groups in total.